The minimum atomic E-state index is -0.288. The van der Waals surface area contributed by atoms with E-state index in [0.717, 1.165) is 22.6 Å². The van der Waals surface area contributed by atoms with E-state index >= 15 is 0 Å². The van der Waals surface area contributed by atoms with Crippen molar-refractivity contribution in [3.8, 4) is 0 Å². The molecule has 2 aromatic rings. The normalized spacial score (nSPS) is 12.8. The zero-order chi connectivity index (χ0) is 13.4. The van der Waals surface area contributed by atoms with E-state index in [9.17, 15) is 4.39 Å². The SMILES string of the molecule is Cc1cc(C(Br)c2cc(C)c(F)cc2Cl)c(C)o1. The highest BCUT2D eigenvalue weighted by Crippen LogP contribution is 2.38. The van der Waals surface area contributed by atoms with Crippen molar-refractivity contribution in [3.05, 3.63) is 57.2 Å². The molecule has 0 aliphatic heterocycles. The van der Waals surface area contributed by atoms with Crippen LogP contribution in [0.2, 0.25) is 5.02 Å². The van der Waals surface area contributed by atoms with Crippen LogP contribution in [0.5, 0.6) is 0 Å². The number of alkyl halides is 1. The van der Waals surface area contributed by atoms with Crippen LogP contribution in [0.1, 0.15) is 33.0 Å². The van der Waals surface area contributed by atoms with Crippen molar-refractivity contribution < 1.29 is 8.81 Å². The van der Waals surface area contributed by atoms with E-state index in [4.69, 9.17) is 16.0 Å². The Labute approximate surface area is 119 Å². The van der Waals surface area contributed by atoms with Gasteiger partial charge < -0.3 is 4.42 Å². The maximum absolute atomic E-state index is 13.4. The minimum Gasteiger partial charge on any atom is -0.466 e. The lowest BCUT2D eigenvalue weighted by molar-refractivity contribution is 0.502. The molecule has 0 saturated carbocycles. The van der Waals surface area contributed by atoms with Crippen molar-refractivity contribution in [1.82, 2.24) is 0 Å². The summed E-state index contributed by atoms with van der Waals surface area (Å²) in [6, 6.07) is 5.07. The summed E-state index contributed by atoms with van der Waals surface area (Å²) >= 11 is 9.71. The molecule has 1 aromatic carbocycles. The molecule has 0 radical (unpaired) electrons. The monoisotopic (exact) mass is 330 g/mol. The Bertz CT molecular complexity index is 592. The Morgan fingerprint density at radius 3 is 2.39 bits per heavy atom. The van der Waals surface area contributed by atoms with Crippen molar-refractivity contribution in [2.24, 2.45) is 0 Å². The molecule has 1 atom stereocenters. The lowest BCUT2D eigenvalue weighted by Gasteiger charge is -2.12. The highest BCUT2D eigenvalue weighted by atomic mass is 79.9. The topological polar surface area (TPSA) is 13.1 Å². The summed E-state index contributed by atoms with van der Waals surface area (Å²) in [5.74, 6) is 1.40. The first-order chi connectivity index (χ1) is 8.40. The number of hydrogen-bond donors (Lipinski definition) is 0. The predicted molar refractivity (Wildman–Crippen MR) is 75.1 cm³/mol. The van der Waals surface area contributed by atoms with Crippen LogP contribution in [0.25, 0.3) is 0 Å². The number of benzene rings is 1. The fraction of sp³-hybridized carbons (Fsp3) is 0.286. The van der Waals surface area contributed by atoms with E-state index in [-0.39, 0.29) is 10.6 Å². The molecule has 0 spiro atoms. The lowest BCUT2D eigenvalue weighted by Crippen LogP contribution is -1.96. The summed E-state index contributed by atoms with van der Waals surface area (Å²) in [4.78, 5) is -0.0956. The number of hydrogen-bond acceptors (Lipinski definition) is 1. The van der Waals surface area contributed by atoms with Gasteiger partial charge in [-0.2, -0.15) is 0 Å². The standard InChI is InChI=1S/C14H13BrClFO/c1-7-4-11(12(16)6-13(7)17)14(15)10-5-8(2)18-9(10)3/h4-6,14H,1-3H3. The molecule has 1 aromatic heterocycles. The summed E-state index contributed by atoms with van der Waals surface area (Å²) < 4.78 is 18.9. The second-order valence-corrected chi connectivity index (χ2v) is 5.68. The Balaban J connectivity index is 2.49. The molecule has 1 heterocycles. The highest BCUT2D eigenvalue weighted by Gasteiger charge is 2.19. The van der Waals surface area contributed by atoms with Crippen molar-refractivity contribution in [2.75, 3.05) is 0 Å². The molecule has 0 saturated heterocycles. The molecule has 0 aliphatic rings. The smallest absolute Gasteiger partial charge is 0.127 e. The van der Waals surface area contributed by atoms with Crippen molar-refractivity contribution >= 4 is 27.5 Å². The van der Waals surface area contributed by atoms with Crippen molar-refractivity contribution in [3.63, 3.8) is 0 Å². The van der Waals surface area contributed by atoms with Gasteiger partial charge in [0.15, 0.2) is 0 Å². The van der Waals surface area contributed by atoms with Gasteiger partial charge in [0.2, 0.25) is 0 Å². The number of halogens is 3. The zero-order valence-corrected chi connectivity index (χ0v) is 12.7. The first kappa shape index (κ1) is 13.6. The molecule has 0 amide bonds. The van der Waals surface area contributed by atoms with Crippen molar-refractivity contribution in [2.45, 2.75) is 25.6 Å². The third-order valence-corrected chi connectivity index (χ3v) is 4.22. The van der Waals surface area contributed by atoms with Crippen molar-refractivity contribution in [1.29, 1.82) is 0 Å². The second-order valence-electron chi connectivity index (χ2n) is 4.35. The summed E-state index contributed by atoms with van der Waals surface area (Å²) in [7, 11) is 0. The van der Waals surface area contributed by atoms with Gasteiger partial charge in [-0.05, 0) is 44.0 Å². The Kier molecular flexibility index (Phi) is 3.83. The lowest BCUT2D eigenvalue weighted by atomic mass is 10.0. The highest BCUT2D eigenvalue weighted by molar-refractivity contribution is 9.09. The van der Waals surface area contributed by atoms with E-state index < -0.39 is 0 Å². The summed E-state index contributed by atoms with van der Waals surface area (Å²) in [5, 5.41) is 0.415. The Morgan fingerprint density at radius 1 is 1.17 bits per heavy atom. The molecular weight excluding hydrogens is 319 g/mol. The minimum absolute atomic E-state index is 0.0956. The van der Waals surface area contributed by atoms with E-state index in [1.165, 1.54) is 6.07 Å². The molecule has 4 heteroatoms. The summed E-state index contributed by atoms with van der Waals surface area (Å²) in [6.45, 7) is 5.52. The predicted octanol–water partition coefficient (Wildman–Crippen LogP) is 5.48. The van der Waals surface area contributed by atoms with Crippen LogP contribution in [0.3, 0.4) is 0 Å². The van der Waals surface area contributed by atoms with Crippen LogP contribution in [0.4, 0.5) is 4.39 Å². The average Bonchev–Trinajstić information content (AvgIpc) is 2.62. The maximum atomic E-state index is 13.4. The molecule has 0 aliphatic carbocycles. The van der Waals surface area contributed by atoms with Gasteiger partial charge in [-0.15, -0.1) is 0 Å². The van der Waals surface area contributed by atoms with Crippen LogP contribution >= 0.6 is 27.5 Å². The first-order valence-electron chi connectivity index (χ1n) is 5.56. The zero-order valence-electron chi connectivity index (χ0n) is 10.4. The summed E-state index contributed by atoms with van der Waals surface area (Å²) in [5.41, 5.74) is 2.44. The summed E-state index contributed by atoms with van der Waals surface area (Å²) in [6.07, 6.45) is 0. The quantitative estimate of drug-likeness (QED) is 0.664. The Hall–Kier alpha value is -0.800. The Morgan fingerprint density at radius 2 is 1.83 bits per heavy atom. The molecule has 2 rings (SSSR count). The largest absolute Gasteiger partial charge is 0.466 e. The molecule has 0 bridgehead atoms. The fourth-order valence-corrected chi connectivity index (χ4v) is 3.17. The van der Waals surface area contributed by atoms with Gasteiger partial charge >= 0.3 is 0 Å². The van der Waals surface area contributed by atoms with Gasteiger partial charge in [0, 0.05) is 10.6 Å². The van der Waals surface area contributed by atoms with Gasteiger partial charge in [-0.25, -0.2) is 4.39 Å². The molecule has 0 fully saturated rings. The molecular formula is C14H13BrClFO. The number of rotatable bonds is 2. The van der Waals surface area contributed by atoms with Gasteiger partial charge in [0.1, 0.15) is 17.3 Å². The van der Waals surface area contributed by atoms with Crippen LogP contribution in [0.15, 0.2) is 22.6 Å². The van der Waals surface area contributed by atoms with Crippen LogP contribution in [0, 0.1) is 26.6 Å². The second kappa shape index (κ2) is 5.06. The van der Waals surface area contributed by atoms with E-state index in [2.05, 4.69) is 15.9 Å². The van der Waals surface area contributed by atoms with E-state index in [0.29, 0.717) is 10.6 Å². The van der Waals surface area contributed by atoms with E-state index in [1.807, 2.05) is 19.9 Å². The molecule has 1 unspecified atom stereocenters. The number of aryl methyl sites for hydroxylation is 3. The van der Waals surface area contributed by atoms with Gasteiger partial charge in [-0.1, -0.05) is 33.6 Å². The van der Waals surface area contributed by atoms with Gasteiger partial charge in [-0.3, -0.25) is 0 Å². The molecule has 96 valence electrons. The molecule has 18 heavy (non-hydrogen) atoms. The van der Waals surface area contributed by atoms with Crippen LogP contribution < -0.4 is 0 Å². The van der Waals surface area contributed by atoms with Gasteiger partial charge in [0.05, 0.1) is 4.83 Å². The van der Waals surface area contributed by atoms with Gasteiger partial charge in [0.25, 0.3) is 0 Å². The third kappa shape index (κ3) is 2.47. The van der Waals surface area contributed by atoms with Crippen LogP contribution in [-0.4, -0.2) is 0 Å². The number of furan rings is 1. The maximum Gasteiger partial charge on any atom is 0.127 e. The third-order valence-electron chi connectivity index (χ3n) is 2.90. The van der Waals surface area contributed by atoms with Crippen LogP contribution in [-0.2, 0) is 0 Å². The average molecular weight is 332 g/mol. The first-order valence-corrected chi connectivity index (χ1v) is 6.86. The van der Waals surface area contributed by atoms with E-state index in [1.54, 1.807) is 13.0 Å². The molecule has 1 nitrogen and oxygen atoms in total. The fourth-order valence-electron chi connectivity index (χ4n) is 1.94. The molecule has 0 N–H and O–H groups in total.